The molecule has 3 rings (SSSR count). The van der Waals surface area contributed by atoms with E-state index in [2.05, 4.69) is 0 Å². The third-order valence-electron chi connectivity index (χ3n) is 3.75. The van der Waals surface area contributed by atoms with Gasteiger partial charge < -0.3 is 0 Å². The fourth-order valence-electron chi connectivity index (χ4n) is 2.84. The number of benzene rings is 1. The van der Waals surface area contributed by atoms with Gasteiger partial charge in [0.15, 0.2) is 0 Å². The van der Waals surface area contributed by atoms with Gasteiger partial charge in [0.25, 0.3) is 0 Å². The molecule has 4 heteroatoms. The summed E-state index contributed by atoms with van der Waals surface area (Å²) in [5, 5.41) is 0. The number of ketones is 1. The fourth-order valence-corrected chi connectivity index (χ4v) is 5.30. The summed E-state index contributed by atoms with van der Waals surface area (Å²) in [6.45, 7) is 0. The van der Waals surface area contributed by atoms with Gasteiger partial charge in [0.2, 0.25) is 0 Å². The summed E-state index contributed by atoms with van der Waals surface area (Å²) in [4.78, 5) is 12.5. The molecule has 0 spiro atoms. The molecule has 0 bridgehead atoms. The molecule has 1 aromatic rings. The highest BCUT2D eigenvalue weighted by atomic mass is 35.5. The van der Waals surface area contributed by atoms with Crippen LogP contribution >= 0.6 is 11.6 Å². The van der Waals surface area contributed by atoms with E-state index in [1.54, 1.807) is 0 Å². The normalized spacial score (nSPS) is 37.4. The van der Waals surface area contributed by atoms with Crippen molar-refractivity contribution in [2.75, 3.05) is 0 Å². The van der Waals surface area contributed by atoms with Gasteiger partial charge in [-0.1, -0.05) is 18.2 Å². The molecule has 4 atom stereocenters. The Kier molecular flexibility index (Phi) is 2.64. The molecule has 17 heavy (non-hydrogen) atoms. The number of carbonyl (C=O) groups excluding carboxylic acids is 1. The monoisotopic (exact) mass is 268 g/mol. The van der Waals surface area contributed by atoms with Crippen LogP contribution in [0.25, 0.3) is 0 Å². The van der Waals surface area contributed by atoms with Crippen LogP contribution in [-0.4, -0.2) is 14.2 Å². The molecule has 4 unspecified atom stereocenters. The number of rotatable bonds is 2. The van der Waals surface area contributed by atoms with Crippen LogP contribution in [0.4, 0.5) is 0 Å². The lowest BCUT2D eigenvalue weighted by molar-refractivity contribution is -0.121. The third kappa shape index (κ3) is 1.59. The molecular formula is C13H13ClO2S. The largest absolute Gasteiger partial charge is 0.299 e. The van der Waals surface area contributed by atoms with Crippen molar-refractivity contribution in [1.82, 2.24) is 0 Å². The molecule has 1 aromatic carbocycles. The Labute approximate surface area is 108 Å². The number of hydrogen-bond donors (Lipinski definition) is 0. The molecular weight excluding hydrogens is 256 g/mol. The van der Waals surface area contributed by atoms with Crippen LogP contribution in [0.2, 0.25) is 0 Å². The number of alkyl halides is 1. The third-order valence-corrected chi connectivity index (χ3v) is 6.51. The molecule has 0 radical (unpaired) electrons. The van der Waals surface area contributed by atoms with E-state index in [1.807, 2.05) is 30.3 Å². The standard InChI is InChI=1S/C13H13ClO2S/c14-13(10-7-4-8-11(15)12(10)13)17(16)9-5-2-1-3-6-9/h1-3,5-6,10,12H,4,7-8H2. The Balaban J connectivity index is 1.91. The second-order valence-electron chi connectivity index (χ2n) is 4.72. The minimum Gasteiger partial charge on any atom is -0.299 e. The summed E-state index contributed by atoms with van der Waals surface area (Å²) in [5.74, 6) is 0.131. The molecule has 0 saturated heterocycles. The summed E-state index contributed by atoms with van der Waals surface area (Å²) in [7, 11) is -1.29. The van der Waals surface area contributed by atoms with E-state index < -0.39 is 15.0 Å². The zero-order chi connectivity index (χ0) is 12.0. The molecule has 0 heterocycles. The summed E-state index contributed by atoms with van der Waals surface area (Å²) in [6, 6.07) is 9.21. The predicted molar refractivity (Wildman–Crippen MR) is 67.3 cm³/mol. The van der Waals surface area contributed by atoms with Gasteiger partial charge in [0.1, 0.15) is 9.99 Å². The summed E-state index contributed by atoms with van der Waals surface area (Å²) < 4.78 is 11.6. The molecule has 0 aromatic heterocycles. The Hall–Kier alpha value is -0.670. The Bertz CT molecular complexity index is 487. The first-order chi connectivity index (χ1) is 8.15. The number of hydrogen-bond acceptors (Lipinski definition) is 2. The molecule has 0 aliphatic heterocycles. The molecule has 2 nitrogen and oxygen atoms in total. The maximum Gasteiger partial charge on any atom is 0.139 e. The molecule has 0 amide bonds. The fraction of sp³-hybridized carbons (Fsp3) is 0.462. The Morgan fingerprint density at radius 3 is 2.65 bits per heavy atom. The molecule has 2 aliphatic carbocycles. The summed E-state index contributed by atoms with van der Waals surface area (Å²) in [5.41, 5.74) is 0. The van der Waals surface area contributed by atoms with Crippen LogP contribution in [0.5, 0.6) is 0 Å². The average Bonchev–Trinajstić information content (AvgIpc) is 2.99. The number of fused-ring (bicyclic) bond motifs is 1. The van der Waals surface area contributed by atoms with Gasteiger partial charge in [-0.2, -0.15) is 0 Å². The zero-order valence-electron chi connectivity index (χ0n) is 9.27. The molecule has 2 aliphatic rings. The van der Waals surface area contributed by atoms with Gasteiger partial charge in [0, 0.05) is 17.2 Å². The molecule has 2 fully saturated rings. The summed E-state index contributed by atoms with van der Waals surface area (Å²) >= 11 is 6.48. The first-order valence-corrected chi connectivity index (χ1v) is 7.37. The van der Waals surface area contributed by atoms with Crippen molar-refractivity contribution in [3.63, 3.8) is 0 Å². The lowest BCUT2D eigenvalue weighted by Gasteiger charge is -2.08. The van der Waals surface area contributed by atoms with Gasteiger partial charge in [0.05, 0.1) is 16.7 Å². The number of halogens is 1. The highest BCUT2D eigenvalue weighted by molar-refractivity contribution is 7.88. The van der Waals surface area contributed by atoms with Crippen LogP contribution < -0.4 is 0 Å². The van der Waals surface area contributed by atoms with E-state index in [0.717, 1.165) is 17.7 Å². The van der Waals surface area contributed by atoms with Crippen molar-refractivity contribution >= 4 is 28.2 Å². The van der Waals surface area contributed by atoms with Crippen molar-refractivity contribution in [1.29, 1.82) is 0 Å². The maximum atomic E-state index is 12.5. The van der Waals surface area contributed by atoms with E-state index in [4.69, 9.17) is 11.6 Å². The van der Waals surface area contributed by atoms with Crippen LogP contribution in [0, 0.1) is 11.8 Å². The van der Waals surface area contributed by atoms with Gasteiger partial charge in [-0.25, -0.2) is 0 Å². The second kappa shape index (κ2) is 3.92. The van der Waals surface area contributed by atoms with Crippen LogP contribution in [0.3, 0.4) is 0 Å². The predicted octanol–water partition coefficient (Wildman–Crippen LogP) is 2.73. The Morgan fingerprint density at radius 2 is 2.00 bits per heavy atom. The van der Waals surface area contributed by atoms with Gasteiger partial charge in [-0.15, -0.1) is 11.6 Å². The highest BCUT2D eigenvalue weighted by Crippen LogP contribution is 2.64. The van der Waals surface area contributed by atoms with E-state index in [1.165, 1.54) is 0 Å². The van der Waals surface area contributed by atoms with Gasteiger partial charge in [-0.05, 0) is 25.0 Å². The first-order valence-electron chi connectivity index (χ1n) is 5.84. The van der Waals surface area contributed by atoms with Crippen LogP contribution in [0.1, 0.15) is 19.3 Å². The molecule has 0 N–H and O–H groups in total. The Morgan fingerprint density at radius 1 is 1.29 bits per heavy atom. The van der Waals surface area contributed by atoms with Crippen molar-refractivity contribution in [3.05, 3.63) is 30.3 Å². The van der Waals surface area contributed by atoms with E-state index in [9.17, 15) is 9.00 Å². The van der Waals surface area contributed by atoms with Crippen molar-refractivity contribution in [3.8, 4) is 0 Å². The number of carbonyl (C=O) groups is 1. The molecule has 90 valence electrons. The SMILES string of the molecule is O=C1CCCC2C1C2(Cl)S(=O)c1ccccc1. The topological polar surface area (TPSA) is 34.1 Å². The van der Waals surface area contributed by atoms with Crippen LogP contribution in [-0.2, 0) is 15.6 Å². The van der Waals surface area contributed by atoms with Crippen molar-refractivity contribution in [2.45, 2.75) is 28.4 Å². The smallest absolute Gasteiger partial charge is 0.139 e. The second-order valence-corrected chi connectivity index (χ2v) is 7.26. The van der Waals surface area contributed by atoms with Gasteiger partial charge >= 0.3 is 0 Å². The average molecular weight is 269 g/mol. The van der Waals surface area contributed by atoms with Crippen molar-refractivity contribution < 1.29 is 9.00 Å². The molecule has 2 saturated carbocycles. The lowest BCUT2D eigenvalue weighted by Crippen LogP contribution is -2.16. The minimum absolute atomic E-state index is 0.117. The minimum atomic E-state index is -1.29. The summed E-state index contributed by atoms with van der Waals surface area (Å²) in [6.07, 6.45) is 2.42. The highest BCUT2D eigenvalue weighted by Gasteiger charge is 2.71. The van der Waals surface area contributed by atoms with Gasteiger partial charge in [-0.3, -0.25) is 9.00 Å². The van der Waals surface area contributed by atoms with Crippen molar-refractivity contribution in [2.24, 2.45) is 11.8 Å². The maximum absolute atomic E-state index is 12.5. The van der Waals surface area contributed by atoms with E-state index >= 15 is 0 Å². The zero-order valence-corrected chi connectivity index (χ0v) is 10.8. The quantitative estimate of drug-likeness (QED) is 0.773. The lowest BCUT2D eigenvalue weighted by atomic mass is 10.00. The first kappa shape index (κ1) is 11.4. The van der Waals surface area contributed by atoms with Crippen LogP contribution in [0.15, 0.2) is 35.2 Å². The number of Topliss-reactive ketones (excluding diaryl/α,β-unsaturated/α-hetero) is 1. The van der Waals surface area contributed by atoms with E-state index in [0.29, 0.717) is 6.42 Å². The van der Waals surface area contributed by atoms with E-state index in [-0.39, 0.29) is 17.6 Å².